The quantitative estimate of drug-likeness (QED) is 0.293. The number of anilines is 2. The van der Waals surface area contributed by atoms with Crippen LogP contribution in [0.25, 0.3) is 39.5 Å². The fourth-order valence-corrected chi connectivity index (χ4v) is 5.48. The lowest BCUT2D eigenvalue weighted by molar-refractivity contribution is 0.248. The third kappa shape index (κ3) is 5.30. The summed E-state index contributed by atoms with van der Waals surface area (Å²) in [5, 5.41) is 9.16. The topological polar surface area (TPSA) is 126 Å². The van der Waals surface area contributed by atoms with Gasteiger partial charge in [-0.3, -0.25) is 9.47 Å². The van der Waals surface area contributed by atoms with Crippen molar-refractivity contribution < 1.29 is 4.39 Å². The Bertz CT molecular complexity index is 2010. The van der Waals surface area contributed by atoms with E-state index in [1.54, 1.807) is 24.5 Å². The minimum atomic E-state index is -0.319. The third-order valence-electron chi connectivity index (χ3n) is 7.72. The molecule has 216 valence electrons. The predicted octanol–water partition coefficient (Wildman–Crippen LogP) is 4.85. The van der Waals surface area contributed by atoms with Crippen LogP contribution in [0.3, 0.4) is 0 Å². The zero-order valence-electron chi connectivity index (χ0n) is 23.7. The van der Waals surface area contributed by atoms with Crippen LogP contribution in [-0.2, 0) is 6.54 Å². The van der Waals surface area contributed by atoms with Gasteiger partial charge in [0.1, 0.15) is 28.9 Å². The Labute approximate surface area is 252 Å². The molecule has 44 heavy (non-hydrogen) atoms. The van der Waals surface area contributed by atoms with Gasteiger partial charge in [-0.15, -0.1) is 0 Å². The van der Waals surface area contributed by atoms with Crippen LogP contribution in [-0.4, -0.2) is 60.6 Å². The molecule has 5 heterocycles. The van der Waals surface area contributed by atoms with Crippen molar-refractivity contribution in [3.05, 3.63) is 108 Å². The Kier molecular flexibility index (Phi) is 7.09. The number of pyridine rings is 2. The van der Waals surface area contributed by atoms with Gasteiger partial charge in [0, 0.05) is 56.4 Å². The van der Waals surface area contributed by atoms with E-state index in [1.165, 1.54) is 17.7 Å². The number of imidazole rings is 1. The highest BCUT2D eigenvalue weighted by atomic mass is 19.1. The summed E-state index contributed by atoms with van der Waals surface area (Å²) < 4.78 is 16.0. The number of hydrogen-bond donors (Lipinski definition) is 1. The van der Waals surface area contributed by atoms with E-state index in [1.807, 2.05) is 34.9 Å². The van der Waals surface area contributed by atoms with E-state index < -0.39 is 0 Å². The number of piperazine rings is 1. The van der Waals surface area contributed by atoms with Crippen molar-refractivity contribution in [3.8, 4) is 34.4 Å². The Morgan fingerprint density at radius 1 is 0.841 bits per heavy atom. The molecular weight excluding hydrogens is 555 g/mol. The van der Waals surface area contributed by atoms with E-state index in [9.17, 15) is 4.39 Å². The Balaban J connectivity index is 1.17. The van der Waals surface area contributed by atoms with Crippen LogP contribution in [0.15, 0.2) is 91.3 Å². The molecule has 0 spiro atoms. The van der Waals surface area contributed by atoms with Crippen molar-refractivity contribution in [2.75, 3.05) is 36.8 Å². The highest BCUT2D eigenvalue weighted by Crippen LogP contribution is 2.32. The molecule has 10 nitrogen and oxygen atoms in total. The van der Waals surface area contributed by atoms with E-state index >= 15 is 0 Å². The standard InChI is InChI=1S/C33H27FN10/c34-24-4-1-3-23(19-24)28-10-11-29-32(40-28)44(31(41-29)27-5-2-13-37-30(27)36)26-8-6-22(7-9-26)21-42-15-17-43(18-16-42)33-38-14-12-25(20-35)39-33/h1-14,19H,15-18,21H2,(H2,36,37). The summed E-state index contributed by atoms with van der Waals surface area (Å²) in [5.74, 6) is 1.27. The van der Waals surface area contributed by atoms with Gasteiger partial charge < -0.3 is 10.6 Å². The Hall–Kier alpha value is -5.73. The average Bonchev–Trinajstić information content (AvgIpc) is 3.44. The lowest BCUT2D eigenvalue weighted by Gasteiger charge is -2.34. The molecule has 11 heteroatoms. The molecule has 0 amide bonds. The van der Waals surface area contributed by atoms with Crippen LogP contribution in [0.1, 0.15) is 11.3 Å². The number of nitriles is 1. The van der Waals surface area contributed by atoms with Crippen molar-refractivity contribution in [2.24, 2.45) is 0 Å². The van der Waals surface area contributed by atoms with Crippen LogP contribution >= 0.6 is 0 Å². The number of aromatic nitrogens is 6. The monoisotopic (exact) mass is 582 g/mol. The summed E-state index contributed by atoms with van der Waals surface area (Å²) >= 11 is 0. The third-order valence-corrected chi connectivity index (χ3v) is 7.72. The number of halogens is 1. The number of nitrogens with two attached hydrogens (primary N) is 1. The largest absolute Gasteiger partial charge is 0.383 e. The van der Waals surface area contributed by atoms with Crippen molar-refractivity contribution in [3.63, 3.8) is 0 Å². The molecule has 6 aromatic rings. The second kappa shape index (κ2) is 11.5. The van der Waals surface area contributed by atoms with Crippen molar-refractivity contribution in [1.29, 1.82) is 5.26 Å². The molecule has 1 aliphatic heterocycles. The lowest BCUT2D eigenvalue weighted by atomic mass is 10.1. The van der Waals surface area contributed by atoms with E-state index in [2.05, 4.69) is 55.1 Å². The number of fused-ring (bicyclic) bond motifs is 1. The van der Waals surface area contributed by atoms with Crippen molar-refractivity contribution in [2.45, 2.75) is 6.54 Å². The van der Waals surface area contributed by atoms with Gasteiger partial charge in [-0.25, -0.2) is 29.3 Å². The first kappa shape index (κ1) is 27.1. The number of benzene rings is 2. The van der Waals surface area contributed by atoms with Crippen molar-refractivity contribution in [1.82, 2.24) is 34.4 Å². The van der Waals surface area contributed by atoms with Gasteiger partial charge in [-0.1, -0.05) is 24.3 Å². The summed E-state index contributed by atoms with van der Waals surface area (Å²) in [7, 11) is 0. The Morgan fingerprint density at radius 2 is 1.68 bits per heavy atom. The summed E-state index contributed by atoms with van der Waals surface area (Å²) in [6.45, 7) is 4.06. The zero-order chi connectivity index (χ0) is 30.0. The average molecular weight is 583 g/mol. The first-order chi connectivity index (χ1) is 21.6. The number of nitrogens with zero attached hydrogens (tertiary/aromatic N) is 9. The molecule has 1 aliphatic rings. The molecule has 0 atom stereocenters. The maximum Gasteiger partial charge on any atom is 0.226 e. The summed E-state index contributed by atoms with van der Waals surface area (Å²) in [6.07, 6.45) is 3.28. The van der Waals surface area contributed by atoms with Crippen LogP contribution in [0.5, 0.6) is 0 Å². The molecule has 2 N–H and O–H groups in total. The van der Waals surface area contributed by atoms with E-state index in [4.69, 9.17) is 21.0 Å². The first-order valence-electron chi connectivity index (χ1n) is 14.2. The molecule has 1 saturated heterocycles. The van der Waals surface area contributed by atoms with Gasteiger partial charge >= 0.3 is 0 Å². The van der Waals surface area contributed by atoms with Gasteiger partial charge in [0.05, 0.1) is 11.3 Å². The predicted molar refractivity (Wildman–Crippen MR) is 166 cm³/mol. The summed E-state index contributed by atoms with van der Waals surface area (Å²) in [4.78, 5) is 27.3. The molecule has 0 unspecified atom stereocenters. The van der Waals surface area contributed by atoms with Gasteiger partial charge in [0.25, 0.3) is 0 Å². The smallest absolute Gasteiger partial charge is 0.226 e. The van der Waals surface area contributed by atoms with Gasteiger partial charge in [0.2, 0.25) is 5.95 Å². The van der Waals surface area contributed by atoms with E-state index in [0.29, 0.717) is 51.3 Å². The van der Waals surface area contributed by atoms with E-state index in [0.717, 1.165) is 38.4 Å². The van der Waals surface area contributed by atoms with Crippen LogP contribution in [0.2, 0.25) is 0 Å². The number of hydrogen-bond acceptors (Lipinski definition) is 9. The highest BCUT2D eigenvalue weighted by Gasteiger charge is 2.21. The lowest BCUT2D eigenvalue weighted by Crippen LogP contribution is -2.46. The number of nitrogen functional groups attached to an aromatic ring is 1. The maximum atomic E-state index is 14.0. The van der Waals surface area contributed by atoms with Crippen LogP contribution < -0.4 is 10.6 Å². The molecule has 2 aromatic carbocycles. The fourth-order valence-electron chi connectivity index (χ4n) is 5.48. The van der Waals surface area contributed by atoms with Crippen LogP contribution in [0, 0.1) is 17.1 Å². The molecule has 1 fully saturated rings. The first-order valence-corrected chi connectivity index (χ1v) is 14.2. The number of rotatable bonds is 6. The van der Waals surface area contributed by atoms with Gasteiger partial charge in [0.15, 0.2) is 11.5 Å². The highest BCUT2D eigenvalue weighted by molar-refractivity contribution is 5.84. The van der Waals surface area contributed by atoms with Gasteiger partial charge in [-0.2, -0.15) is 5.26 Å². The van der Waals surface area contributed by atoms with Crippen LogP contribution in [0.4, 0.5) is 16.2 Å². The summed E-state index contributed by atoms with van der Waals surface area (Å²) in [5.41, 5.74) is 12.1. The Morgan fingerprint density at radius 3 is 2.45 bits per heavy atom. The SMILES string of the molecule is N#Cc1ccnc(N2CCN(Cc3ccc(-n4c(-c5cccnc5N)nc5ccc(-c6cccc(F)c6)nc54)cc3)CC2)n1. The second-order valence-electron chi connectivity index (χ2n) is 10.5. The minimum absolute atomic E-state index is 0.319. The van der Waals surface area contributed by atoms with Gasteiger partial charge in [-0.05, 0) is 60.2 Å². The normalized spacial score (nSPS) is 13.7. The molecule has 0 saturated carbocycles. The van der Waals surface area contributed by atoms with E-state index in [-0.39, 0.29) is 5.82 Å². The van der Waals surface area contributed by atoms with Crippen molar-refractivity contribution >= 4 is 22.9 Å². The summed E-state index contributed by atoms with van der Waals surface area (Å²) in [6, 6.07) is 25.9. The molecule has 4 aromatic heterocycles. The molecule has 0 radical (unpaired) electrons. The maximum absolute atomic E-state index is 14.0. The fraction of sp³-hybridized carbons (Fsp3) is 0.152. The molecule has 0 bridgehead atoms. The minimum Gasteiger partial charge on any atom is -0.383 e. The molecule has 7 rings (SSSR count). The molecular formula is C33H27FN10. The molecule has 0 aliphatic carbocycles. The zero-order valence-corrected chi connectivity index (χ0v) is 23.7. The second-order valence-corrected chi connectivity index (χ2v) is 10.5.